The van der Waals surface area contributed by atoms with Crippen LogP contribution in [0.4, 0.5) is 5.69 Å². The van der Waals surface area contributed by atoms with Crippen LogP contribution in [0.5, 0.6) is 0 Å². The van der Waals surface area contributed by atoms with E-state index in [-0.39, 0.29) is 0 Å². The summed E-state index contributed by atoms with van der Waals surface area (Å²) in [6.07, 6.45) is 5.40. The van der Waals surface area contributed by atoms with E-state index in [0.29, 0.717) is 0 Å². The van der Waals surface area contributed by atoms with Crippen molar-refractivity contribution in [3.8, 4) is 0 Å². The van der Waals surface area contributed by atoms with Crippen LogP contribution in [0.15, 0.2) is 24.3 Å². The Kier molecular flexibility index (Phi) is 5.39. The summed E-state index contributed by atoms with van der Waals surface area (Å²) < 4.78 is 0. The van der Waals surface area contributed by atoms with E-state index in [1.165, 1.54) is 44.5 Å². The Morgan fingerprint density at radius 3 is 2.52 bits per heavy atom. The maximum Gasteiger partial charge on any atom is 0.0639 e. The normalized spacial score (nSPS) is 20.0. The zero-order valence-electron chi connectivity index (χ0n) is 12.7. The molecular formula is C17H26ClN3. The maximum atomic E-state index is 6.28. The molecule has 1 N–H and O–H groups in total. The van der Waals surface area contributed by atoms with Crippen LogP contribution in [0.2, 0.25) is 5.02 Å². The molecular weight excluding hydrogens is 282 g/mol. The smallest absolute Gasteiger partial charge is 0.0639 e. The van der Waals surface area contributed by atoms with Crippen molar-refractivity contribution in [1.29, 1.82) is 0 Å². The van der Waals surface area contributed by atoms with E-state index >= 15 is 0 Å². The van der Waals surface area contributed by atoms with Crippen LogP contribution in [-0.4, -0.2) is 50.2 Å². The van der Waals surface area contributed by atoms with E-state index in [9.17, 15) is 0 Å². The molecule has 1 aromatic carbocycles. The molecule has 1 aliphatic carbocycles. The molecule has 0 amide bonds. The van der Waals surface area contributed by atoms with Gasteiger partial charge in [-0.3, -0.25) is 4.90 Å². The second-order valence-electron chi connectivity index (χ2n) is 6.22. The molecule has 3 rings (SSSR count). The number of halogens is 1. The lowest BCUT2D eigenvalue weighted by Crippen LogP contribution is -2.46. The highest BCUT2D eigenvalue weighted by Crippen LogP contribution is 2.26. The molecule has 1 heterocycles. The number of nitrogens with zero attached hydrogens (tertiary/aromatic N) is 2. The van der Waals surface area contributed by atoms with Crippen LogP contribution < -0.4 is 10.2 Å². The summed E-state index contributed by atoms with van der Waals surface area (Å²) in [5.74, 6) is 0. The fourth-order valence-corrected chi connectivity index (χ4v) is 3.23. The first-order valence-electron chi connectivity index (χ1n) is 8.28. The van der Waals surface area contributed by atoms with E-state index in [1.807, 2.05) is 12.1 Å². The van der Waals surface area contributed by atoms with Gasteiger partial charge in [0.2, 0.25) is 0 Å². The molecule has 4 heteroatoms. The number of nitrogens with one attached hydrogen (secondary N) is 1. The number of para-hydroxylation sites is 1. The molecule has 0 unspecified atom stereocenters. The molecule has 1 saturated carbocycles. The Labute approximate surface area is 133 Å². The third-order valence-electron chi connectivity index (χ3n) is 4.48. The van der Waals surface area contributed by atoms with Crippen molar-refractivity contribution in [2.45, 2.75) is 31.7 Å². The summed E-state index contributed by atoms with van der Waals surface area (Å²) in [5.41, 5.74) is 1.19. The molecule has 1 aromatic rings. The van der Waals surface area contributed by atoms with Crippen molar-refractivity contribution < 1.29 is 0 Å². The molecule has 1 saturated heterocycles. The number of rotatable bonds is 7. The van der Waals surface area contributed by atoms with Gasteiger partial charge in [0.05, 0.1) is 10.7 Å². The van der Waals surface area contributed by atoms with Gasteiger partial charge >= 0.3 is 0 Å². The Hall–Kier alpha value is -0.770. The molecule has 21 heavy (non-hydrogen) atoms. The lowest BCUT2D eigenvalue weighted by molar-refractivity contribution is 0.252. The minimum atomic E-state index is 0.851. The van der Waals surface area contributed by atoms with E-state index in [0.717, 1.165) is 37.2 Å². The molecule has 0 atom stereocenters. The maximum absolute atomic E-state index is 6.28. The minimum Gasteiger partial charge on any atom is -0.368 e. The summed E-state index contributed by atoms with van der Waals surface area (Å²) in [6.45, 7) is 6.92. The van der Waals surface area contributed by atoms with E-state index in [4.69, 9.17) is 11.6 Å². The molecule has 0 spiro atoms. The van der Waals surface area contributed by atoms with Gasteiger partial charge in [0.1, 0.15) is 0 Å². The third-order valence-corrected chi connectivity index (χ3v) is 4.80. The monoisotopic (exact) mass is 307 g/mol. The zero-order chi connectivity index (χ0) is 14.5. The highest BCUT2D eigenvalue weighted by molar-refractivity contribution is 6.33. The Morgan fingerprint density at radius 1 is 1.05 bits per heavy atom. The van der Waals surface area contributed by atoms with Crippen LogP contribution in [0.3, 0.4) is 0 Å². The number of piperazine rings is 1. The average Bonchev–Trinajstić information content (AvgIpc) is 3.33. The summed E-state index contributed by atoms with van der Waals surface area (Å²) in [4.78, 5) is 5.00. The second-order valence-corrected chi connectivity index (χ2v) is 6.62. The van der Waals surface area contributed by atoms with Crippen molar-refractivity contribution in [1.82, 2.24) is 10.2 Å². The fourth-order valence-electron chi connectivity index (χ4n) is 2.97. The quantitative estimate of drug-likeness (QED) is 0.781. The van der Waals surface area contributed by atoms with Crippen LogP contribution >= 0.6 is 11.6 Å². The van der Waals surface area contributed by atoms with Crippen LogP contribution in [0.1, 0.15) is 25.7 Å². The van der Waals surface area contributed by atoms with Gasteiger partial charge in [-0.25, -0.2) is 0 Å². The van der Waals surface area contributed by atoms with Crippen LogP contribution in [0, 0.1) is 0 Å². The number of unbranched alkanes of at least 4 members (excludes halogenated alkanes) is 1. The van der Waals surface area contributed by atoms with Gasteiger partial charge in [-0.05, 0) is 50.9 Å². The van der Waals surface area contributed by atoms with Gasteiger partial charge in [-0.1, -0.05) is 23.7 Å². The fraction of sp³-hybridized carbons (Fsp3) is 0.647. The van der Waals surface area contributed by atoms with Crippen molar-refractivity contribution in [3.05, 3.63) is 29.3 Å². The summed E-state index contributed by atoms with van der Waals surface area (Å²) in [5, 5.41) is 4.46. The topological polar surface area (TPSA) is 18.5 Å². The van der Waals surface area contributed by atoms with Crippen molar-refractivity contribution in [3.63, 3.8) is 0 Å². The average molecular weight is 308 g/mol. The molecule has 3 nitrogen and oxygen atoms in total. The lowest BCUT2D eigenvalue weighted by Gasteiger charge is -2.36. The van der Waals surface area contributed by atoms with E-state index in [2.05, 4.69) is 27.2 Å². The van der Waals surface area contributed by atoms with Crippen LogP contribution in [0.25, 0.3) is 0 Å². The SMILES string of the molecule is Clc1ccccc1N1CCN(CCCCNC2CC2)CC1. The molecule has 0 bridgehead atoms. The standard InChI is InChI=1S/C17H26ClN3/c18-16-5-1-2-6-17(16)21-13-11-20(12-14-21)10-4-3-9-19-15-7-8-15/h1-2,5-6,15,19H,3-4,7-14H2. The third kappa shape index (κ3) is 4.60. The molecule has 2 fully saturated rings. The van der Waals surface area contributed by atoms with E-state index in [1.54, 1.807) is 0 Å². The number of hydrogen-bond acceptors (Lipinski definition) is 3. The predicted octanol–water partition coefficient (Wildman–Crippen LogP) is 2.99. The van der Waals surface area contributed by atoms with Crippen molar-refractivity contribution in [2.24, 2.45) is 0 Å². The van der Waals surface area contributed by atoms with Gasteiger partial charge in [-0.2, -0.15) is 0 Å². The first kappa shape index (κ1) is 15.1. The Balaban J connectivity index is 1.34. The first-order valence-corrected chi connectivity index (χ1v) is 8.66. The van der Waals surface area contributed by atoms with E-state index < -0.39 is 0 Å². The Morgan fingerprint density at radius 2 is 1.81 bits per heavy atom. The molecule has 2 aliphatic rings. The number of hydrogen-bond donors (Lipinski definition) is 1. The van der Waals surface area contributed by atoms with Crippen LogP contribution in [-0.2, 0) is 0 Å². The minimum absolute atomic E-state index is 0.851. The number of anilines is 1. The predicted molar refractivity (Wildman–Crippen MR) is 90.4 cm³/mol. The highest BCUT2D eigenvalue weighted by atomic mass is 35.5. The van der Waals surface area contributed by atoms with Crippen molar-refractivity contribution in [2.75, 3.05) is 44.2 Å². The van der Waals surface area contributed by atoms with Crippen molar-refractivity contribution >= 4 is 17.3 Å². The molecule has 0 aromatic heterocycles. The lowest BCUT2D eigenvalue weighted by atomic mass is 10.2. The van der Waals surface area contributed by atoms with Gasteiger partial charge in [0.25, 0.3) is 0 Å². The summed E-state index contributed by atoms with van der Waals surface area (Å²) in [7, 11) is 0. The Bertz CT molecular complexity index is 439. The van der Waals surface area contributed by atoms with Gasteiger partial charge < -0.3 is 10.2 Å². The summed E-state index contributed by atoms with van der Waals surface area (Å²) >= 11 is 6.28. The molecule has 1 aliphatic heterocycles. The summed E-state index contributed by atoms with van der Waals surface area (Å²) in [6, 6.07) is 9.03. The van der Waals surface area contributed by atoms with Gasteiger partial charge in [-0.15, -0.1) is 0 Å². The second kappa shape index (κ2) is 7.48. The first-order chi connectivity index (χ1) is 10.3. The molecule has 0 radical (unpaired) electrons. The van der Waals surface area contributed by atoms with Gasteiger partial charge in [0.15, 0.2) is 0 Å². The number of benzene rings is 1. The van der Waals surface area contributed by atoms with Gasteiger partial charge in [0, 0.05) is 32.2 Å². The largest absolute Gasteiger partial charge is 0.368 e. The zero-order valence-corrected chi connectivity index (χ0v) is 13.5. The highest BCUT2D eigenvalue weighted by Gasteiger charge is 2.20. The molecule has 116 valence electrons.